The lowest BCUT2D eigenvalue weighted by Gasteiger charge is -2.07. The number of aromatic amines is 1. The topological polar surface area (TPSA) is 55.0 Å². The Morgan fingerprint density at radius 2 is 1.79 bits per heavy atom. The summed E-state index contributed by atoms with van der Waals surface area (Å²) in [6.45, 7) is 2.12. The van der Waals surface area contributed by atoms with E-state index in [-0.39, 0.29) is 0 Å². The van der Waals surface area contributed by atoms with Gasteiger partial charge in [0.2, 0.25) is 0 Å². The first kappa shape index (κ1) is 14.5. The summed E-state index contributed by atoms with van der Waals surface area (Å²) in [6, 6.07) is 19.7. The lowest BCUT2D eigenvalue weighted by molar-refractivity contribution is 0.0520. The van der Waals surface area contributed by atoms with Crippen molar-refractivity contribution in [3.05, 3.63) is 66.4 Å². The second-order valence-corrected chi connectivity index (χ2v) is 5.54. The quantitative estimate of drug-likeness (QED) is 0.564. The van der Waals surface area contributed by atoms with Crippen LogP contribution in [-0.2, 0) is 4.74 Å². The van der Waals surface area contributed by atoms with Crippen LogP contribution in [-0.4, -0.2) is 22.5 Å². The summed E-state index contributed by atoms with van der Waals surface area (Å²) in [7, 11) is 0. The Balaban J connectivity index is 2.06. The fourth-order valence-corrected chi connectivity index (χ4v) is 2.96. The van der Waals surface area contributed by atoms with E-state index < -0.39 is 5.97 Å². The third-order valence-corrected chi connectivity index (χ3v) is 4.03. The van der Waals surface area contributed by atoms with Crippen molar-refractivity contribution >= 4 is 27.8 Å². The highest BCUT2D eigenvalue weighted by molar-refractivity contribution is 6.12. The molecule has 2 heterocycles. The first-order valence-electron chi connectivity index (χ1n) is 7.92. The number of fused-ring (bicyclic) bond motifs is 3. The Bertz CT molecular complexity index is 1040. The number of para-hydroxylation sites is 1. The Labute approximate surface area is 139 Å². The number of rotatable bonds is 3. The number of ether oxygens (including phenoxy) is 1. The molecule has 2 aromatic heterocycles. The molecule has 0 aliphatic rings. The van der Waals surface area contributed by atoms with Crippen LogP contribution in [0, 0.1) is 0 Å². The first-order chi connectivity index (χ1) is 11.8. The summed E-state index contributed by atoms with van der Waals surface area (Å²) >= 11 is 0. The lowest BCUT2D eigenvalue weighted by atomic mass is 10.1. The normalized spacial score (nSPS) is 11.0. The minimum Gasteiger partial charge on any atom is -0.461 e. The van der Waals surface area contributed by atoms with Crippen molar-refractivity contribution in [2.45, 2.75) is 6.92 Å². The van der Waals surface area contributed by atoms with Gasteiger partial charge in [-0.05, 0) is 19.1 Å². The van der Waals surface area contributed by atoms with E-state index in [1.165, 1.54) is 0 Å². The van der Waals surface area contributed by atoms with Crippen molar-refractivity contribution in [2.24, 2.45) is 0 Å². The molecule has 0 bridgehead atoms. The zero-order chi connectivity index (χ0) is 16.5. The second-order valence-electron chi connectivity index (χ2n) is 5.54. The van der Waals surface area contributed by atoms with Crippen LogP contribution in [0.1, 0.15) is 17.4 Å². The maximum Gasteiger partial charge on any atom is 0.356 e. The van der Waals surface area contributed by atoms with Crippen molar-refractivity contribution in [1.29, 1.82) is 0 Å². The van der Waals surface area contributed by atoms with Gasteiger partial charge < -0.3 is 9.72 Å². The zero-order valence-corrected chi connectivity index (χ0v) is 13.2. The van der Waals surface area contributed by atoms with Crippen LogP contribution in [0.2, 0.25) is 0 Å². The number of hydrogen-bond donors (Lipinski definition) is 1. The van der Waals surface area contributed by atoms with Gasteiger partial charge in [-0.1, -0.05) is 48.5 Å². The van der Waals surface area contributed by atoms with Gasteiger partial charge in [-0.2, -0.15) is 0 Å². The van der Waals surface area contributed by atoms with Gasteiger partial charge in [0.25, 0.3) is 0 Å². The predicted molar refractivity (Wildman–Crippen MR) is 95.0 cm³/mol. The Morgan fingerprint density at radius 1 is 1.04 bits per heavy atom. The SMILES string of the molecule is CCOC(=O)c1cc2c([nH]c3ccccc32)c(-c2ccccc2)n1. The van der Waals surface area contributed by atoms with E-state index in [1.54, 1.807) is 13.0 Å². The van der Waals surface area contributed by atoms with Gasteiger partial charge in [0, 0.05) is 21.9 Å². The molecule has 2 aromatic carbocycles. The number of nitrogens with zero attached hydrogens (tertiary/aromatic N) is 1. The van der Waals surface area contributed by atoms with E-state index in [1.807, 2.05) is 54.6 Å². The fourth-order valence-electron chi connectivity index (χ4n) is 2.96. The molecule has 0 aliphatic carbocycles. The highest BCUT2D eigenvalue weighted by Gasteiger charge is 2.17. The summed E-state index contributed by atoms with van der Waals surface area (Å²) in [5.74, 6) is -0.401. The first-order valence-corrected chi connectivity index (χ1v) is 7.92. The molecule has 0 fully saturated rings. The number of H-pyrrole nitrogens is 1. The monoisotopic (exact) mass is 316 g/mol. The van der Waals surface area contributed by atoms with Crippen LogP contribution in [0.5, 0.6) is 0 Å². The molecule has 1 N–H and O–H groups in total. The fraction of sp³-hybridized carbons (Fsp3) is 0.100. The smallest absolute Gasteiger partial charge is 0.356 e. The highest BCUT2D eigenvalue weighted by atomic mass is 16.5. The third-order valence-electron chi connectivity index (χ3n) is 4.03. The zero-order valence-electron chi connectivity index (χ0n) is 13.2. The minimum absolute atomic E-state index is 0.326. The molecular weight excluding hydrogens is 300 g/mol. The summed E-state index contributed by atoms with van der Waals surface area (Å²) in [5, 5.41) is 2.04. The number of benzene rings is 2. The second kappa shape index (κ2) is 5.81. The van der Waals surface area contributed by atoms with E-state index in [2.05, 4.69) is 9.97 Å². The number of esters is 1. The van der Waals surface area contributed by atoms with Crippen molar-refractivity contribution in [2.75, 3.05) is 6.61 Å². The standard InChI is InChI=1S/C20H16N2O2/c1-2-24-20(23)17-12-15-14-10-6-7-11-16(14)21-19(15)18(22-17)13-8-4-3-5-9-13/h3-12,21H,2H2,1H3. The molecule has 4 aromatic rings. The summed E-state index contributed by atoms with van der Waals surface area (Å²) in [4.78, 5) is 20.2. The average molecular weight is 316 g/mol. The number of carbonyl (C=O) groups is 1. The van der Waals surface area contributed by atoms with Crippen LogP contribution in [0.15, 0.2) is 60.7 Å². The number of nitrogens with one attached hydrogen (secondary N) is 1. The van der Waals surface area contributed by atoms with Gasteiger partial charge in [-0.3, -0.25) is 0 Å². The number of aromatic nitrogens is 2. The molecule has 0 saturated carbocycles. The molecule has 0 spiro atoms. The molecule has 4 heteroatoms. The van der Waals surface area contributed by atoms with Crippen LogP contribution in [0.3, 0.4) is 0 Å². The van der Waals surface area contributed by atoms with E-state index in [9.17, 15) is 4.79 Å². The van der Waals surface area contributed by atoms with E-state index in [0.717, 1.165) is 33.1 Å². The molecule has 0 unspecified atom stereocenters. The van der Waals surface area contributed by atoms with E-state index >= 15 is 0 Å². The maximum absolute atomic E-state index is 12.2. The Hall–Kier alpha value is -3.14. The molecule has 0 radical (unpaired) electrons. The largest absolute Gasteiger partial charge is 0.461 e. The van der Waals surface area contributed by atoms with Crippen LogP contribution < -0.4 is 0 Å². The molecule has 0 atom stereocenters. The van der Waals surface area contributed by atoms with Crippen molar-refractivity contribution in [1.82, 2.24) is 9.97 Å². The highest BCUT2D eigenvalue weighted by Crippen LogP contribution is 2.32. The molecule has 4 rings (SSSR count). The third kappa shape index (κ3) is 2.33. The summed E-state index contributed by atoms with van der Waals surface area (Å²) < 4.78 is 5.14. The van der Waals surface area contributed by atoms with E-state index in [4.69, 9.17) is 4.74 Å². The van der Waals surface area contributed by atoms with Gasteiger partial charge in [0.15, 0.2) is 0 Å². The van der Waals surface area contributed by atoms with E-state index in [0.29, 0.717) is 12.3 Å². The van der Waals surface area contributed by atoms with Gasteiger partial charge in [-0.15, -0.1) is 0 Å². The van der Waals surface area contributed by atoms with Crippen LogP contribution in [0.4, 0.5) is 0 Å². The van der Waals surface area contributed by atoms with Crippen LogP contribution in [0.25, 0.3) is 33.1 Å². The van der Waals surface area contributed by atoms with Gasteiger partial charge in [-0.25, -0.2) is 9.78 Å². The average Bonchev–Trinajstić information content (AvgIpc) is 3.00. The summed E-state index contributed by atoms with van der Waals surface area (Å²) in [5.41, 5.74) is 3.99. The molecular formula is C20H16N2O2. The van der Waals surface area contributed by atoms with Gasteiger partial charge in [0.05, 0.1) is 17.8 Å². The number of carbonyl (C=O) groups excluding carboxylic acids is 1. The van der Waals surface area contributed by atoms with Crippen molar-refractivity contribution < 1.29 is 9.53 Å². The Kier molecular flexibility index (Phi) is 3.50. The number of hydrogen-bond acceptors (Lipinski definition) is 3. The molecule has 24 heavy (non-hydrogen) atoms. The molecule has 0 amide bonds. The maximum atomic E-state index is 12.2. The molecule has 4 nitrogen and oxygen atoms in total. The number of pyridine rings is 1. The Morgan fingerprint density at radius 3 is 2.58 bits per heavy atom. The lowest BCUT2D eigenvalue weighted by Crippen LogP contribution is -2.07. The van der Waals surface area contributed by atoms with Crippen molar-refractivity contribution in [3.63, 3.8) is 0 Å². The molecule has 0 saturated heterocycles. The van der Waals surface area contributed by atoms with Crippen molar-refractivity contribution in [3.8, 4) is 11.3 Å². The predicted octanol–water partition coefficient (Wildman–Crippen LogP) is 4.56. The summed E-state index contributed by atoms with van der Waals surface area (Å²) in [6.07, 6.45) is 0. The molecule has 118 valence electrons. The van der Waals surface area contributed by atoms with Gasteiger partial charge in [0.1, 0.15) is 5.69 Å². The minimum atomic E-state index is -0.401. The molecule has 0 aliphatic heterocycles. The van der Waals surface area contributed by atoms with Gasteiger partial charge >= 0.3 is 5.97 Å². The van der Waals surface area contributed by atoms with Crippen LogP contribution >= 0.6 is 0 Å².